The first-order chi connectivity index (χ1) is 20.8. The number of rotatable bonds is 6. The van der Waals surface area contributed by atoms with E-state index >= 15 is 0 Å². The highest BCUT2D eigenvalue weighted by molar-refractivity contribution is 7.89. The highest BCUT2D eigenvalue weighted by Crippen LogP contribution is 2.39. The molecule has 0 bridgehead atoms. The van der Waals surface area contributed by atoms with Crippen molar-refractivity contribution < 1.29 is 31.5 Å². The summed E-state index contributed by atoms with van der Waals surface area (Å²) in [6.07, 6.45) is -0.149. The first-order valence-electron chi connectivity index (χ1n) is 14.2. The first-order valence-corrected chi connectivity index (χ1v) is 15.7. The quantitative estimate of drug-likeness (QED) is 0.324. The molecule has 232 valence electrons. The number of alkyl halides is 3. The van der Waals surface area contributed by atoms with Crippen molar-refractivity contribution in [1.29, 1.82) is 0 Å². The molecule has 3 atom stereocenters. The molecular weight excluding hydrogens is 597 g/mol. The highest BCUT2D eigenvalue weighted by atomic mass is 32.2. The predicted molar refractivity (Wildman–Crippen MR) is 155 cm³/mol. The van der Waals surface area contributed by atoms with Crippen LogP contribution in [-0.2, 0) is 27.5 Å². The van der Waals surface area contributed by atoms with Gasteiger partial charge in [-0.25, -0.2) is 13.4 Å². The number of aliphatic carboxylic acids is 1. The van der Waals surface area contributed by atoms with Crippen molar-refractivity contribution in [2.24, 2.45) is 5.92 Å². The number of carbonyl (C=O) groups is 1. The Morgan fingerprint density at radius 3 is 2.66 bits per heavy atom. The predicted octanol–water partition coefficient (Wildman–Crippen LogP) is 4.79. The van der Waals surface area contributed by atoms with E-state index in [4.69, 9.17) is 0 Å². The third-order valence-corrected chi connectivity index (χ3v) is 10.7. The molecule has 6 rings (SSSR count). The molecule has 5 heterocycles. The van der Waals surface area contributed by atoms with Crippen LogP contribution in [0.25, 0.3) is 5.65 Å². The summed E-state index contributed by atoms with van der Waals surface area (Å²) >= 11 is 0. The highest BCUT2D eigenvalue weighted by Gasteiger charge is 2.41. The fourth-order valence-electron chi connectivity index (χ4n) is 6.48. The summed E-state index contributed by atoms with van der Waals surface area (Å²) < 4.78 is 70.7. The molecule has 44 heavy (non-hydrogen) atoms. The van der Waals surface area contributed by atoms with Crippen LogP contribution < -0.4 is 4.90 Å². The molecule has 4 aromatic rings. The summed E-state index contributed by atoms with van der Waals surface area (Å²) in [5.41, 5.74) is 2.97. The van der Waals surface area contributed by atoms with Gasteiger partial charge < -0.3 is 10.0 Å². The number of aromatic nitrogens is 4. The van der Waals surface area contributed by atoms with Crippen molar-refractivity contribution in [3.63, 3.8) is 0 Å². The third kappa shape index (κ3) is 4.99. The number of sulfonamides is 1. The Labute approximate surface area is 252 Å². The van der Waals surface area contributed by atoms with Crippen LogP contribution in [-0.4, -0.2) is 62.5 Å². The van der Waals surface area contributed by atoms with Crippen LogP contribution >= 0.6 is 0 Å². The largest absolute Gasteiger partial charge is 0.481 e. The number of anilines is 1. The molecule has 0 amide bonds. The zero-order chi connectivity index (χ0) is 31.6. The number of aryl methyl sites for hydroxylation is 2. The van der Waals surface area contributed by atoms with Crippen LogP contribution in [0.2, 0.25) is 0 Å². The van der Waals surface area contributed by atoms with Crippen LogP contribution in [0.1, 0.15) is 59.3 Å². The van der Waals surface area contributed by atoms with E-state index < -0.39 is 39.8 Å². The number of fused-ring (bicyclic) bond motifs is 4. The summed E-state index contributed by atoms with van der Waals surface area (Å²) in [7, 11) is -3.91. The minimum absolute atomic E-state index is 0.0196. The van der Waals surface area contributed by atoms with Crippen molar-refractivity contribution in [3.05, 3.63) is 82.4 Å². The number of nitrogens with zero attached hydrogens (tertiary/aromatic N) is 6. The van der Waals surface area contributed by atoms with Crippen LogP contribution in [0.3, 0.4) is 0 Å². The van der Waals surface area contributed by atoms with E-state index in [1.165, 1.54) is 16.6 Å². The fraction of sp³-hybridized carbons (Fsp3) is 0.400. The lowest BCUT2D eigenvalue weighted by Gasteiger charge is -2.27. The smallest absolute Gasteiger partial charge is 0.452 e. The van der Waals surface area contributed by atoms with Gasteiger partial charge in [-0.1, -0.05) is 25.1 Å². The van der Waals surface area contributed by atoms with Gasteiger partial charge in [-0.2, -0.15) is 17.5 Å². The van der Waals surface area contributed by atoms with Gasteiger partial charge in [0.2, 0.25) is 15.8 Å². The average molecular weight is 629 g/mol. The number of pyridine rings is 2. The summed E-state index contributed by atoms with van der Waals surface area (Å²) in [5.74, 6) is -3.53. The number of carboxylic acid groups (broad SMARTS) is 1. The molecule has 1 aromatic carbocycles. The normalized spacial score (nSPS) is 19.8. The summed E-state index contributed by atoms with van der Waals surface area (Å²) in [6.45, 7) is 6.07. The molecule has 1 N–H and O–H groups in total. The topological polar surface area (TPSA) is 121 Å². The van der Waals surface area contributed by atoms with E-state index in [1.807, 2.05) is 19.1 Å². The minimum Gasteiger partial charge on any atom is -0.481 e. The van der Waals surface area contributed by atoms with Crippen LogP contribution in [0.4, 0.5) is 19.0 Å². The van der Waals surface area contributed by atoms with Gasteiger partial charge >= 0.3 is 12.1 Å². The zero-order valence-electron chi connectivity index (χ0n) is 24.3. The molecule has 2 aliphatic rings. The molecule has 2 aliphatic heterocycles. The van der Waals surface area contributed by atoms with E-state index in [0.29, 0.717) is 28.1 Å². The maximum Gasteiger partial charge on any atom is 0.452 e. The lowest BCUT2D eigenvalue weighted by atomic mass is 9.79. The molecule has 10 nitrogen and oxygen atoms in total. The number of benzene rings is 1. The van der Waals surface area contributed by atoms with Gasteiger partial charge in [0.15, 0.2) is 5.65 Å². The number of hydrogen-bond acceptors (Lipinski definition) is 7. The van der Waals surface area contributed by atoms with E-state index in [0.717, 1.165) is 29.4 Å². The SMILES string of the molecule is Cc1ccc(C(c2ccn3c(C(F)(F)F)nnc3c2C)C(C)C(=O)O)cc1CN1C[C@H]2CCCN2c2ncccc2S1(=O)=O. The van der Waals surface area contributed by atoms with Gasteiger partial charge in [0.1, 0.15) is 10.7 Å². The van der Waals surface area contributed by atoms with Crippen molar-refractivity contribution in [1.82, 2.24) is 23.9 Å². The van der Waals surface area contributed by atoms with Crippen molar-refractivity contribution in [2.45, 2.75) is 63.2 Å². The Kier molecular flexibility index (Phi) is 7.39. The van der Waals surface area contributed by atoms with E-state index in [9.17, 15) is 31.5 Å². The molecular formula is C30H31F3N6O4S. The van der Waals surface area contributed by atoms with E-state index in [1.54, 1.807) is 38.2 Å². The molecule has 14 heteroatoms. The Bertz CT molecular complexity index is 1880. The summed E-state index contributed by atoms with van der Waals surface area (Å²) in [5, 5.41) is 17.2. The molecule has 2 unspecified atom stereocenters. The molecule has 3 aromatic heterocycles. The molecule has 0 radical (unpaired) electrons. The van der Waals surface area contributed by atoms with Crippen LogP contribution in [0, 0.1) is 19.8 Å². The number of carboxylic acids is 1. The van der Waals surface area contributed by atoms with Crippen molar-refractivity contribution >= 4 is 27.5 Å². The van der Waals surface area contributed by atoms with E-state index in [2.05, 4.69) is 20.1 Å². The van der Waals surface area contributed by atoms with Gasteiger partial charge in [-0.15, -0.1) is 10.2 Å². The van der Waals surface area contributed by atoms with Crippen LogP contribution in [0.15, 0.2) is 53.7 Å². The molecule has 1 saturated heterocycles. The van der Waals surface area contributed by atoms with Crippen LogP contribution in [0.5, 0.6) is 0 Å². The Morgan fingerprint density at radius 2 is 1.93 bits per heavy atom. The molecule has 0 aliphatic carbocycles. The number of hydrogen-bond donors (Lipinski definition) is 1. The molecule has 0 saturated carbocycles. The maximum absolute atomic E-state index is 13.9. The second-order valence-corrected chi connectivity index (χ2v) is 13.4. The number of halogens is 3. The van der Waals surface area contributed by atoms with Gasteiger partial charge in [0.25, 0.3) is 0 Å². The Balaban J connectivity index is 1.42. The molecule has 1 fully saturated rings. The van der Waals surface area contributed by atoms with Crippen molar-refractivity contribution in [3.8, 4) is 0 Å². The average Bonchev–Trinajstić information content (AvgIpc) is 3.61. The first kappa shape index (κ1) is 30.0. The van der Waals surface area contributed by atoms with Gasteiger partial charge in [0, 0.05) is 44.0 Å². The van der Waals surface area contributed by atoms with Gasteiger partial charge in [-0.3, -0.25) is 9.20 Å². The zero-order valence-corrected chi connectivity index (χ0v) is 25.1. The van der Waals surface area contributed by atoms with Gasteiger partial charge in [0.05, 0.1) is 5.92 Å². The summed E-state index contributed by atoms with van der Waals surface area (Å²) in [6, 6.07) is 10.1. The standard InChI is InChI=1S/C30H31F3N6O4S/c1-17-8-9-20(25(19(3)28(40)41)23-10-13-39-26(18(23)2)35-36-29(39)30(31,32)33)14-21(17)15-37-16-22-6-5-12-38(22)27-24(44(37,42)43)7-4-11-34-27/h4,7-11,13-14,19,22,25H,5-6,12,15-16H2,1-3H3,(H,40,41)/t19?,22-,25?/m1/s1. The fourth-order valence-corrected chi connectivity index (χ4v) is 8.08. The lowest BCUT2D eigenvalue weighted by molar-refractivity contribution is -0.145. The summed E-state index contributed by atoms with van der Waals surface area (Å²) in [4.78, 5) is 19.0. The molecule has 0 spiro atoms. The Hall–Kier alpha value is -4.04. The monoisotopic (exact) mass is 628 g/mol. The van der Waals surface area contributed by atoms with Crippen molar-refractivity contribution in [2.75, 3.05) is 18.0 Å². The van der Waals surface area contributed by atoms with E-state index in [-0.39, 0.29) is 29.7 Å². The second-order valence-electron chi connectivity index (χ2n) is 11.5. The second kappa shape index (κ2) is 10.8. The minimum atomic E-state index is -4.72. The Morgan fingerprint density at radius 1 is 1.16 bits per heavy atom. The van der Waals surface area contributed by atoms with Gasteiger partial charge in [-0.05, 0) is 72.7 Å². The lowest BCUT2D eigenvalue weighted by Crippen LogP contribution is -2.39. The third-order valence-electron chi connectivity index (χ3n) is 8.86. The maximum atomic E-state index is 13.9.